The second-order valence-corrected chi connectivity index (χ2v) is 4.65. The van der Waals surface area contributed by atoms with E-state index in [2.05, 4.69) is 5.32 Å². The number of halogens is 1. The fraction of sp³-hybridized carbons (Fsp3) is 0.250. The molecule has 0 heterocycles. The Morgan fingerprint density at radius 3 is 2.43 bits per heavy atom. The van der Waals surface area contributed by atoms with Crippen molar-refractivity contribution in [2.75, 3.05) is 19.5 Å². The lowest BCUT2D eigenvalue weighted by Crippen LogP contribution is -2.07. The molecule has 1 unspecified atom stereocenters. The second-order valence-electron chi connectivity index (χ2n) is 4.65. The molecule has 0 spiro atoms. The van der Waals surface area contributed by atoms with Crippen LogP contribution in [0.3, 0.4) is 0 Å². The van der Waals surface area contributed by atoms with Crippen molar-refractivity contribution in [2.24, 2.45) is 0 Å². The number of ether oxygens (including phenoxy) is 2. The average molecular weight is 291 g/mol. The molecule has 0 aromatic heterocycles. The van der Waals surface area contributed by atoms with Crippen LogP contribution in [0, 0.1) is 5.82 Å². The zero-order valence-corrected chi connectivity index (χ0v) is 12.2. The van der Waals surface area contributed by atoms with E-state index in [0.717, 1.165) is 11.3 Å². The van der Waals surface area contributed by atoms with Crippen LogP contribution in [0.4, 0.5) is 10.1 Å². The van der Waals surface area contributed by atoms with Gasteiger partial charge in [-0.3, -0.25) is 0 Å². The molecule has 0 saturated heterocycles. The number of anilines is 1. The molecule has 2 rings (SSSR count). The predicted octanol–water partition coefficient (Wildman–Crippen LogP) is 3.72. The maximum Gasteiger partial charge on any atom is 0.165 e. The first-order valence-electron chi connectivity index (χ1n) is 6.52. The number of methoxy groups -OCH3 is 2. The van der Waals surface area contributed by atoms with Crippen LogP contribution in [-0.2, 0) is 0 Å². The Balaban J connectivity index is 2.19. The average Bonchev–Trinajstić information content (AvgIpc) is 2.49. The van der Waals surface area contributed by atoms with Crippen LogP contribution in [0.25, 0.3) is 0 Å². The third-order valence-electron chi connectivity index (χ3n) is 3.24. The summed E-state index contributed by atoms with van der Waals surface area (Å²) in [5.41, 5.74) is 1.68. The Morgan fingerprint density at radius 1 is 1.05 bits per heavy atom. The van der Waals surface area contributed by atoms with E-state index in [4.69, 9.17) is 9.47 Å². The standard InChI is InChI=1S/C16H18FNO3/c1-10(11-4-7-14(19)16(8-11)21-3)18-12-5-6-13(17)15(9-12)20-2/h4-10,18-19H,1-3H3. The van der Waals surface area contributed by atoms with Gasteiger partial charge in [0.25, 0.3) is 0 Å². The number of rotatable bonds is 5. The van der Waals surface area contributed by atoms with Crippen molar-refractivity contribution in [1.29, 1.82) is 0 Å². The van der Waals surface area contributed by atoms with Gasteiger partial charge >= 0.3 is 0 Å². The van der Waals surface area contributed by atoms with E-state index in [-0.39, 0.29) is 17.5 Å². The lowest BCUT2D eigenvalue weighted by atomic mass is 10.1. The first-order valence-corrected chi connectivity index (χ1v) is 6.52. The first kappa shape index (κ1) is 15.0. The summed E-state index contributed by atoms with van der Waals surface area (Å²) in [6, 6.07) is 9.69. The van der Waals surface area contributed by atoms with Gasteiger partial charge in [-0.1, -0.05) is 6.07 Å². The van der Waals surface area contributed by atoms with Gasteiger partial charge in [-0.05, 0) is 36.8 Å². The Hall–Kier alpha value is -2.43. The zero-order valence-electron chi connectivity index (χ0n) is 12.2. The largest absolute Gasteiger partial charge is 0.504 e. The van der Waals surface area contributed by atoms with Crippen molar-refractivity contribution in [3.63, 3.8) is 0 Å². The molecule has 5 heteroatoms. The summed E-state index contributed by atoms with van der Waals surface area (Å²) in [6.07, 6.45) is 0. The molecule has 112 valence electrons. The van der Waals surface area contributed by atoms with E-state index in [1.807, 2.05) is 6.92 Å². The highest BCUT2D eigenvalue weighted by Crippen LogP contribution is 2.31. The predicted molar refractivity (Wildman–Crippen MR) is 79.6 cm³/mol. The molecule has 0 aliphatic rings. The SMILES string of the molecule is COc1cc(C(C)Nc2ccc(F)c(OC)c2)ccc1O. The Labute approximate surface area is 123 Å². The van der Waals surface area contributed by atoms with Gasteiger partial charge in [-0.25, -0.2) is 4.39 Å². The summed E-state index contributed by atoms with van der Waals surface area (Å²) in [4.78, 5) is 0. The topological polar surface area (TPSA) is 50.7 Å². The molecule has 2 aromatic carbocycles. The molecule has 1 atom stereocenters. The van der Waals surface area contributed by atoms with Crippen LogP contribution in [0.2, 0.25) is 0 Å². The van der Waals surface area contributed by atoms with Crippen LogP contribution in [0.5, 0.6) is 17.2 Å². The molecule has 4 nitrogen and oxygen atoms in total. The summed E-state index contributed by atoms with van der Waals surface area (Å²) in [7, 11) is 2.93. The van der Waals surface area contributed by atoms with Gasteiger partial charge in [0.05, 0.1) is 14.2 Å². The summed E-state index contributed by atoms with van der Waals surface area (Å²) in [6.45, 7) is 1.96. The van der Waals surface area contributed by atoms with E-state index in [0.29, 0.717) is 5.75 Å². The van der Waals surface area contributed by atoms with E-state index in [1.165, 1.54) is 20.3 Å². The van der Waals surface area contributed by atoms with Crippen molar-refractivity contribution in [3.8, 4) is 17.2 Å². The zero-order chi connectivity index (χ0) is 15.4. The minimum Gasteiger partial charge on any atom is -0.504 e. The molecule has 21 heavy (non-hydrogen) atoms. The normalized spacial score (nSPS) is 11.8. The number of aromatic hydroxyl groups is 1. The van der Waals surface area contributed by atoms with Gasteiger partial charge in [0.1, 0.15) is 0 Å². The first-order chi connectivity index (χ1) is 10.0. The van der Waals surface area contributed by atoms with Gasteiger partial charge in [0.15, 0.2) is 23.1 Å². The van der Waals surface area contributed by atoms with Crippen molar-refractivity contribution >= 4 is 5.69 Å². The fourth-order valence-corrected chi connectivity index (χ4v) is 2.05. The number of benzene rings is 2. The van der Waals surface area contributed by atoms with Gasteiger partial charge in [0.2, 0.25) is 0 Å². The summed E-state index contributed by atoms with van der Waals surface area (Å²) >= 11 is 0. The van der Waals surface area contributed by atoms with Gasteiger partial charge < -0.3 is 19.9 Å². The molecule has 0 fully saturated rings. The molecule has 2 N–H and O–H groups in total. The molecule has 0 bridgehead atoms. The van der Waals surface area contributed by atoms with Gasteiger partial charge in [-0.2, -0.15) is 0 Å². The third kappa shape index (κ3) is 3.37. The number of nitrogens with one attached hydrogen (secondary N) is 1. The van der Waals surface area contributed by atoms with Crippen LogP contribution in [0.1, 0.15) is 18.5 Å². The highest BCUT2D eigenvalue weighted by atomic mass is 19.1. The lowest BCUT2D eigenvalue weighted by Gasteiger charge is -2.17. The number of hydrogen-bond acceptors (Lipinski definition) is 4. The van der Waals surface area contributed by atoms with Crippen molar-refractivity contribution < 1.29 is 19.0 Å². The van der Waals surface area contributed by atoms with E-state index >= 15 is 0 Å². The van der Waals surface area contributed by atoms with E-state index in [9.17, 15) is 9.50 Å². The summed E-state index contributed by atoms with van der Waals surface area (Å²) in [5.74, 6) is 0.298. The van der Waals surface area contributed by atoms with Crippen molar-refractivity contribution in [2.45, 2.75) is 13.0 Å². The smallest absolute Gasteiger partial charge is 0.165 e. The lowest BCUT2D eigenvalue weighted by molar-refractivity contribution is 0.373. The summed E-state index contributed by atoms with van der Waals surface area (Å²) < 4.78 is 23.4. The highest BCUT2D eigenvalue weighted by Gasteiger charge is 2.11. The maximum atomic E-state index is 13.4. The Morgan fingerprint density at radius 2 is 1.76 bits per heavy atom. The van der Waals surface area contributed by atoms with Crippen molar-refractivity contribution in [1.82, 2.24) is 0 Å². The monoisotopic (exact) mass is 291 g/mol. The van der Waals surface area contributed by atoms with E-state index < -0.39 is 5.82 Å². The van der Waals surface area contributed by atoms with Crippen LogP contribution in [-0.4, -0.2) is 19.3 Å². The second kappa shape index (κ2) is 6.35. The third-order valence-corrected chi connectivity index (χ3v) is 3.24. The van der Waals surface area contributed by atoms with Crippen LogP contribution < -0.4 is 14.8 Å². The number of phenols is 1. The molecule has 0 radical (unpaired) electrons. The molecular weight excluding hydrogens is 273 g/mol. The quantitative estimate of drug-likeness (QED) is 0.881. The van der Waals surface area contributed by atoms with Crippen LogP contribution in [0.15, 0.2) is 36.4 Å². The van der Waals surface area contributed by atoms with Gasteiger partial charge in [0, 0.05) is 17.8 Å². The molecular formula is C16H18FNO3. The van der Waals surface area contributed by atoms with Gasteiger partial charge in [-0.15, -0.1) is 0 Å². The molecule has 0 aliphatic carbocycles. The number of phenolic OH excluding ortho intramolecular Hbond substituents is 1. The minimum absolute atomic E-state index is 0.0466. The molecule has 0 amide bonds. The fourth-order valence-electron chi connectivity index (χ4n) is 2.05. The van der Waals surface area contributed by atoms with Crippen LogP contribution >= 0.6 is 0 Å². The molecule has 0 saturated carbocycles. The Kier molecular flexibility index (Phi) is 4.52. The van der Waals surface area contributed by atoms with Crippen molar-refractivity contribution in [3.05, 3.63) is 47.8 Å². The number of hydrogen-bond donors (Lipinski definition) is 2. The van der Waals surface area contributed by atoms with E-state index in [1.54, 1.807) is 30.3 Å². The maximum absolute atomic E-state index is 13.4. The molecule has 2 aromatic rings. The minimum atomic E-state index is -0.401. The highest BCUT2D eigenvalue weighted by molar-refractivity contribution is 5.51. The summed E-state index contributed by atoms with van der Waals surface area (Å²) in [5, 5.41) is 12.8. The molecule has 0 aliphatic heterocycles. The Bertz CT molecular complexity index is 631.